The molecule has 2 aromatic carbocycles. The summed E-state index contributed by atoms with van der Waals surface area (Å²) in [6.45, 7) is -1.08. The Morgan fingerprint density at radius 1 is 1.05 bits per heavy atom. The number of aromatic nitrogens is 2. The molecule has 0 saturated carbocycles. The zero-order chi connectivity index (χ0) is 27.3. The number of carbonyl (C=O) groups excluding carboxylic acids is 1. The molecule has 37 heavy (non-hydrogen) atoms. The van der Waals surface area contributed by atoms with E-state index in [0.29, 0.717) is 11.5 Å². The molecule has 0 aliphatic carbocycles. The van der Waals surface area contributed by atoms with Crippen molar-refractivity contribution in [3.05, 3.63) is 75.3 Å². The highest BCUT2D eigenvalue weighted by Gasteiger charge is 2.37. The van der Waals surface area contributed by atoms with Crippen molar-refractivity contribution in [3.8, 4) is 23.1 Å². The highest BCUT2D eigenvalue weighted by atomic mass is 32.3. The number of nitrogens with zero attached hydrogens (tertiary/aromatic N) is 1. The third-order valence-electron chi connectivity index (χ3n) is 5.04. The van der Waals surface area contributed by atoms with Crippen LogP contribution >= 0.6 is 12.2 Å². The monoisotopic (exact) mass is 554 g/mol. The van der Waals surface area contributed by atoms with Gasteiger partial charge in [-0.05, 0) is 48.6 Å². The number of para-hydroxylation sites is 1. The van der Waals surface area contributed by atoms with Crippen molar-refractivity contribution in [1.82, 2.24) is 9.55 Å². The van der Waals surface area contributed by atoms with Crippen LogP contribution in [0.4, 0.5) is 0 Å². The molecule has 0 unspecified atom stereocenters. The van der Waals surface area contributed by atoms with Gasteiger partial charge in [0, 0.05) is 6.42 Å². The van der Waals surface area contributed by atoms with Crippen molar-refractivity contribution in [2.45, 2.75) is 24.7 Å². The van der Waals surface area contributed by atoms with Gasteiger partial charge in [0.2, 0.25) is 5.88 Å². The van der Waals surface area contributed by atoms with Crippen molar-refractivity contribution in [1.29, 1.82) is 0 Å². The van der Waals surface area contributed by atoms with Crippen molar-refractivity contribution in [2.75, 3.05) is 6.61 Å². The fourth-order valence-electron chi connectivity index (χ4n) is 3.26. The van der Waals surface area contributed by atoms with Gasteiger partial charge in [-0.15, -0.1) is 0 Å². The third kappa shape index (κ3) is 7.07. The van der Waals surface area contributed by atoms with Crippen molar-refractivity contribution in [3.63, 3.8) is 0 Å². The second-order valence-corrected chi connectivity index (χ2v) is 9.07. The van der Waals surface area contributed by atoms with Crippen LogP contribution in [0.15, 0.2) is 59.4 Å². The van der Waals surface area contributed by atoms with E-state index in [4.69, 9.17) is 26.6 Å². The maximum Gasteiger partial charge on any atom is 0.398 e. The molecular formula is C22H22N2O11S2. The zero-order valence-corrected chi connectivity index (χ0v) is 20.4. The van der Waals surface area contributed by atoms with Gasteiger partial charge in [-0.2, -0.15) is 8.42 Å². The van der Waals surface area contributed by atoms with Crippen LogP contribution in [0, 0.1) is 4.77 Å². The van der Waals surface area contributed by atoms with Gasteiger partial charge in [-0.25, -0.2) is 4.18 Å². The lowest BCUT2D eigenvalue weighted by atomic mass is 10.00. The summed E-state index contributed by atoms with van der Waals surface area (Å²) in [5.41, 5.74) is -1.33. The number of carbonyl (C=O) groups is 1. The molecule has 1 aromatic heterocycles. The molecule has 1 heterocycles. The predicted molar refractivity (Wildman–Crippen MR) is 130 cm³/mol. The number of hydrogen-bond acceptors (Lipinski definition) is 11. The largest absolute Gasteiger partial charge is 0.494 e. The molecular weight excluding hydrogens is 532 g/mol. The molecule has 198 valence electrons. The quantitative estimate of drug-likeness (QED) is 0.141. The average Bonchev–Trinajstić information content (AvgIpc) is 2.85. The molecule has 0 radical (unpaired) electrons. The minimum atomic E-state index is -5.31. The number of rotatable bonds is 11. The first-order chi connectivity index (χ1) is 17.4. The Morgan fingerprint density at radius 2 is 1.65 bits per heavy atom. The lowest BCUT2D eigenvalue weighted by Crippen LogP contribution is -2.47. The van der Waals surface area contributed by atoms with Crippen LogP contribution in [0.1, 0.15) is 5.56 Å². The number of ketones is 1. The minimum Gasteiger partial charge on any atom is -0.494 e. The summed E-state index contributed by atoms with van der Waals surface area (Å²) in [6.07, 6.45) is -7.76. The Balaban J connectivity index is 1.94. The third-order valence-corrected chi connectivity index (χ3v) is 5.77. The number of aromatic hydroxyl groups is 1. The van der Waals surface area contributed by atoms with E-state index in [1.54, 1.807) is 36.4 Å². The van der Waals surface area contributed by atoms with Gasteiger partial charge in [0.25, 0.3) is 5.56 Å². The number of nitrogens with one attached hydrogen (secondary N) is 1. The van der Waals surface area contributed by atoms with E-state index in [2.05, 4.69) is 9.17 Å². The lowest BCUT2D eigenvalue weighted by molar-refractivity contribution is -0.137. The van der Waals surface area contributed by atoms with E-state index >= 15 is 0 Å². The highest BCUT2D eigenvalue weighted by Crippen LogP contribution is 2.25. The molecule has 3 rings (SSSR count). The van der Waals surface area contributed by atoms with Crippen LogP contribution < -0.4 is 10.3 Å². The highest BCUT2D eigenvalue weighted by molar-refractivity contribution is 7.80. The van der Waals surface area contributed by atoms with Crippen LogP contribution in [-0.2, 0) is 25.8 Å². The topological polar surface area (TPSA) is 209 Å². The van der Waals surface area contributed by atoms with E-state index in [9.17, 15) is 33.3 Å². The number of aliphatic hydroxyl groups excluding tert-OH is 3. The number of aromatic amines is 1. The molecule has 0 bridgehead atoms. The van der Waals surface area contributed by atoms with E-state index in [-0.39, 0.29) is 10.5 Å². The first-order valence-corrected chi connectivity index (χ1v) is 12.2. The maximum absolute atomic E-state index is 12.7. The number of Topliss-reactive ketones (excluding diaryl/α,β-unsaturated/α-hetero) is 1. The number of hydrogen-bond donors (Lipinski definition) is 6. The molecule has 0 aliphatic rings. The summed E-state index contributed by atoms with van der Waals surface area (Å²) < 4.78 is 41.9. The maximum atomic E-state index is 12.7. The van der Waals surface area contributed by atoms with E-state index in [0.717, 1.165) is 4.57 Å². The summed E-state index contributed by atoms with van der Waals surface area (Å²) in [5.74, 6) is -1.08. The summed E-state index contributed by atoms with van der Waals surface area (Å²) in [6, 6.07) is 15.0. The smallest absolute Gasteiger partial charge is 0.398 e. The second-order valence-electron chi connectivity index (χ2n) is 7.63. The van der Waals surface area contributed by atoms with Crippen molar-refractivity contribution < 1.29 is 47.1 Å². The van der Waals surface area contributed by atoms with Crippen LogP contribution in [0.3, 0.4) is 0 Å². The molecule has 0 spiro atoms. The molecule has 0 fully saturated rings. The SMILES string of the molecule is O=C(Cc1c(O)n(-c2ccc(Oc3ccccc3)cc2)c(=S)[nH]c1=O)[C@@H](OS(=O)(=O)O)[C@H](O)[C@H](O)CO. The zero-order valence-electron chi connectivity index (χ0n) is 18.8. The molecule has 6 N–H and O–H groups in total. The normalized spacial score (nSPS) is 14.1. The first kappa shape index (κ1) is 28.1. The van der Waals surface area contributed by atoms with Crippen LogP contribution in [0.5, 0.6) is 17.4 Å². The molecule has 3 atom stereocenters. The van der Waals surface area contributed by atoms with Gasteiger partial charge in [-0.1, -0.05) is 18.2 Å². The fraction of sp³-hybridized carbons (Fsp3) is 0.227. The van der Waals surface area contributed by atoms with Crippen LogP contribution in [0.25, 0.3) is 5.69 Å². The lowest BCUT2D eigenvalue weighted by Gasteiger charge is -2.23. The summed E-state index contributed by atoms with van der Waals surface area (Å²) >= 11 is 5.13. The molecule has 0 amide bonds. The second kappa shape index (κ2) is 11.7. The van der Waals surface area contributed by atoms with E-state index in [1.807, 2.05) is 6.07 Å². The molecule has 0 aliphatic heterocycles. The van der Waals surface area contributed by atoms with Gasteiger partial charge in [-0.3, -0.25) is 23.7 Å². The van der Waals surface area contributed by atoms with Crippen LogP contribution in [0.2, 0.25) is 0 Å². The van der Waals surface area contributed by atoms with Gasteiger partial charge in [0.05, 0.1) is 17.9 Å². The van der Waals surface area contributed by atoms with E-state index < -0.39 is 64.5 Å². The molecule has 15 heteroatoms. The predicted octanol–water partition coefficient (Wildman–Crippen LogP) is 0.407. The van der Waals surface area contributed by atoms with E-state index in [1.165, 1.54) is 12.1 Å². The number of H-pyrrole nitrogens is 1. The summed E-state index contributed by atoms with van der Waals surface area (Å²) in [5, 5.41) is 39.4. The average molecular weight is 555 g/mol. The van der Waals surface area contributed by atoms with Crippen molar-refractivity contribution in [2.24, 2.45) is 0 Å². The number of benzene rings is 2. The van der Waals surface area contributed by atoms with Gasteiger partial charge in [0.1, 0.15) is 23.7 Å². The Labute approximate surface area is 214 Å². The molecule has 0 saturated heterocycles. The van der Waals surface area contributed by atoms with Crippen molar-refractivity contribution >= 4 is 28.4 Å². The standard InChI is InChI=1S/C22H22N2O11S2/c25-11-17(27)18(28)19(35-37(31,32)33)16(26)10-15-20(29)23-22(36)24(21(15)30)12-6-8-14(9-7-12)34-13-4-2-1-3-5-13/h1-9,17-19,25,27-28,30H,10-11H2,(H,23,29,36)(H,31,32,33)/t17-,18-,19-/m1/s1. The Morgan fingerprint density at radius 3 is 2.22 bits per heavy atom. The number of ether oxygens (including phenoxy) is 1. The Hall–Kier alpha value is -3.44. The van der Waals surface area contributed by atoms with Crippen LogP contribution in [-0.4, -0.2) is 73.6 Å². The Kier molecular flexibility index (Phi) is 8.93. The first-order valence-electron chi connectivity index (χ1n) is 10.5. The van der Waals surface area contributed by atoms with Gasteiger partial charge >= 0.3 is 10.4 Å². The Bertz CT molecular complexity index is 1470. The van der Waals surface area contributed by atoms with Gasteiger partial charge in [0.15, 0.2) is 16.7 Å². The molecule has 13 nitrogen and oxygen atoms in total. The minimum absolute atomic E-state index is 0.239. The molecule has 3 aromatic rings. The number of aliphatic hydroxyl groups is 3. The summed E-state index contributed by atoms with van der Waals surface area (Å²) in [4.78, 5) is 27.5. The fourth-order valence-corrected chi connectivity index (χ4v) is 4.03. The summed E-state index contributed by atoms with van der Waals surface area (Å²) in [7, 11) is -5.31. The van der Waals surface area contributed by atoms with Gasteiger partial charge < -0.3 is 25.2 Å².